The molecule has 0 saturated heterocycles. The third kappa shape index (κ3) is 79.8. The molecule has 0 bridgehead atoms. The van der Waals surface area contributed by atoms with Gasteiger partial charge in [0.1, 0.15) is 39.1 Å². The molecule has 4 N–H and O–H groups in total. The highest BCUT2D eigenvalue weighted by molar-refractivity contribution is 6.89. The predicted octanol–water partition coefficient (Wildman–Crippen LogP) is 26.4. The first-order chi connectivity index (χ1) is 60.6. The highest BCUT2D eigenvalue weighted by Gasteiger charge is 2.47. The number of aliphatic hydroxyl groups excluding tert-OH is 2. The Kier molecular flexibility index (Phi) is 81.3. The van der Waals surface area contributed by atoms with Gasteiger partial charge in [-0.05, 0) is 284 Å². The van der Waals surface area contributed by atoms with Crippen molar-refractivity contribution in [3.05, 3.63) is 24.3 Å². The summed E-state index contributed by atoms with van der Waals surface area (Å²) < 4.78 is 87.1. The van der Waals surface area contributed by atoms with Crippen molar-refractivity contribution >= 4 is 118 Å². The summed E-state index contributed by atoms with van der Waals surface area (Å²) in [5.41, 5.74) is 0.454. The largest absolute Gasteiger partial charge is 0.462 e. The van der Waals surface area contributed by atoms with Crippen LogP contribution in [0.15, 0.2) is 34.3 Å². The molecule has 3 saturated carbocycles. The van der Waals surface area contributed by atoms with Crippen LogP contribution in [0.3, 0.4) is 0 Å². The van der Waals surface area contributed by atoms with Gasteiger partial charge in [0.15, 0.2) is 49.9 Å². The summed E-state index contributed by atoms with van der Waals surface area (Å²) in [6.07, 6.45) is 22.8. The van der Waals surface area contributed by atoms with E-state index in [0.29, 0.717) is 70.3 Å². The molecule has 0 aromatic heterocycles. The third-order valence-corrected chi connectivity index (χ3v) is 57.0. The Balaban J connectivity index is -0.000000234. The van der Waals surface area contributed by atoms with Gasteiger partial charge in [0.25, 0.3) is 6.26 Å². The molecule has 0 radical (unpaired) electrons. The van der Waals surface area contributed by atoms with Crippen LogP contribution >= 0.6 is 0 Å². The average Bonchev–Trinajstić information content (AvgIpc) is 0.808. The molecular formula is C101H217N5O24Si9. The van der Waals surface area contributed by atoms with E-state index in [0.717, 1.165) is 95.2 Å². The number of hydrogen-bond donors (Lipinski definition) is 4. The zero-order chi connectivity index (χ0) is 102. The lowest BCUT2D eigenvalue weighted by Crippen LogP contribution is -2.52. The number of aliphatic imine (C=N–C) groups is 2. The number of alkyl carbamates (subject to hydrolysis) is 2. The van der Waals surface area contributed by atoms with Gasteiger partial charge in [0.05, 0.1) is 46.1 Å². The number of ether oxygens (including phenoxy) is 9. The van der Waals surface area contributed by atoms with E-state index in [2.05, 4.69) is 239 Å². The quantitative estimate of drug-likeness (QED) is 0.00642. The van der Waals surface area contributed by atoms with Crippen LogP contribution in [-0.2, 0) is 91.3 Å². The Hall–Kier alpha value is -4.01. The van der Waals surface area contributed by atoms with Crippen LogP contribution in [-0.4, -0.2) is 245 Å². The number of carbonyl (C=O) groups excluding carboxylic acids is 7. The fourth-order valence-corrected chi connectivity index (χ4v) is 62.0. The van der Waals surface area contributed by atoms with Gasteiger partial charge in [-0.15, -0.1) is 0 Å². The molecule has 0 aromatic rings. The van der Waals surface area contributed by atoms with Crippen LogP contribution in [0.4, 0.5) is 9.59 Å². The number of carbonyl (C=O) groups is 5. The number of rotatable bonds is 58. The second-order valence-electron chi connectivity index (χ2n) is 45.1. The monoisotopic (exact) mass is 2140 g/mol. The summed E-state index contributed by atoms with van der Waals surface area (Å²) in [5, 5.41) is 31.5. The standard InChI is InChI=1S/C34H67NO9Si3.C27H56N2O6Si3.C15H38O4Si3.C12H18N2O2.C6H10O3.7CH4/c1-13-14-23-45(7,8)43-47(11,12)44-46(9,10)24-15-18-39-19-20-42-32(38)35-29-25-33(4,5)27-34(6,26-29)17-16-30(36)40-21-22-41-31(37)28(2)3;1-11-12-17-36(5,6)34-38(9,10)35-37(7,8)18-13-14-32-15-16-33-25(31)29-24-19-26(2,3)21-27(4,20-24)22-28-23-30;1-8-9-14-20(2,3)18-22(6,7)19-21(4,5)15-10-12-17-13-11-16;1-11(2)4-10(16-8-13)5-12(3,6-11)7-14-9-15;1-5(2)6(8)9-4-3-7;;;;;;;/h29H,2,13-27H2,1,3-12H3,(H,35,38);24H,11-22H2,1-10H3,(H,29,31);16H,8-15H2,1-7H3;10H,4-7H2,1-3H3;7H,1,3-4H2,2H3;7*1H4. The lowest BCUT2D eigenvalue weighted by atomic mass is 9.61. The number of esters is 3. The Morgan fingerprint density at radius 1 is 0.381 bits per heavy atom. The number of amides is 2. The smallest absolute Gasteiger partial charge is 0.407 e. The maximum atomic E-state index is 12.6. The molecule has 0 aliphatic heterocycles. The van der Waals surface area contributed by atoms with Crippen molar-refractivity contribution in [1.82, 2.24) is 10.6 Å². The second-order valence-corrected chi connectivity index (χ2v) is 82.5. The first-order valence-electron chi connectivity index (χ1n) is 48.6. The van der Waals surface area contributed by atoms with Crippen LogP contribution in [0.2, 0.25) is 154 Å². The number of aliphatic hydroxyl groups is 2. The number of hydrogen-bond acceptors (Lipinski definition) is 27. The molecule has 29 nitrogen and oxygen atoms in total. The molecular weight excluding hydrogens is 1920 g/mol. The highest BCUT2D eigenvalue weighted by Crippen LogP contribution is 2.50. The van der Waals surface area contributed by atoms with E-state index in [1.54, 1.807) is 32.3 Å². The summed E-state index contributed by atoms with van der Waals surface area (Å²) in [6, 6.07) is 6.60. The molecule has 38 heteroatoms. The molecule has 2 amide bonds. The maximum Gasteiger partial charge on any atom is 0.407 e. The van der Waals surface area contributed by atoms with Crippen molar-refractivity contribution in [2.45, 2.75) is 450 Å². The minimum absolute atomic E-state index is 0. The van der Waals surface area contributed by atoms with Crippen LogP contribution < -0.4 is 10.6 Å². The van der Waals surface area contributed by atoms with Gasteiger partial charge in [0, 0.05) is 49.5 Å². The lowest BCUT2D eigenvalue weighted by Gasteiger charge is -2.46. The van der Waals surface area contributed by atoms with Crippen LogP contribution in [0.25, 0.3) is 0 Å². The van der Waals surface area contributed by atoms with Gasteiger partial charge < -0.3 is 88.2 Å². The molecule has 6 unspecified atom stereocenters. The molecule has 3 aliphatic carbocycles. The van der Waals surface area contributed by atoms with E-state index in [9.17, 15) is 33.6 Å². The summed E-state index contributed by atoms with van der Waals surface area (Å²) in [6.45, 7) is 81.1. The molecule has 139 heavy (non-hydrogen) atoms. The Morgan fingerprint density at radius 2 is 0.662 bits per heavy atom. The number of unbranched alkanes of at least 4 members (excludes halogenated alkanes) is 3. The maximum absolute atomic E-state index is 12.6. The van der Waals surface area contributed by atoms with Crippen molar-refractivity contribution in [2.24, 2.45) is 42.5 Å². The van der Waals surface area contributed by atoms with Crippen LogP contribution in [0.1, 0.15) is 277 Å². The molecule has 3 fully saturated rings. The summed E-state index contributed by atoms with van der Waals surface area (Å²) in [4.78, 5) is 87.5. The van der Waals surface area contributed by atoms with Crippen molar-refractivity contribution in [2.75, 3.05) is 99.0 Å². The Labute approximate surface area is 861 Å². The molecule has 6 atom stereocenters. The number of nitrogens with one attached hydrogen (secondary N) is 2. The van der Waals surface area contributed by atoms with E-state index in [1.165, 1.54) is 56.7 Å². The van der Waals surface area contributed by atoms with Gasteiger partial charge in [-0.3, -0.25) is 4.79 Å². The van der Waals surface area contributed by atoms with Crippen molar-refractivity contribution in [3.63, 3.8) is 0 Å². The van der Waals surface area contributed by atoms with E-state index in [1.807, 2.05) is 0 Å². The Morgan fingerprint density at radius 3 is 0.971 bits per heavy atom. The van der Waals surface area contributed by atoms with E-state index >= 15 is 0 Å². The minimum Gasteiger partial charge on any atom is -0.462 e. The fraction of sp³-hybridized carbons (Fsp3) is 0.881. The fourth-order valence-electron chi connectivity index (χ4n) is 19.3. The summed E-state index contributed by atoms with van der Waals surface area (Å²) in [5.74, 6) is -1.28. The minimum atomic E-state index is -2.20. The molecule has 0 aromatic carbocycles. The molecule has 0 heterocycles. The predicted molar refractivity (Wildman–Crippen MR) is 597 cm³/mol. The lowest BCUT2D eigenvalue weighted by molar-refractivity contribution is -0.150. The van der Waals surface area contributed by atoms with E-state index in [4.69, 9.17) is 78.1 Å². The zero-order valence-electron chi connectivity index (χ0n) is 88.9. The van der Waals surface area contributed by atoms with Crippen molar-refractivity contribution in [3.8, 4) is 6.26 Å². The van der Waals surface area contributed by atoms with Gasteiger partial charge in [-0.25, -0.2) is 38.8 Å². The first-order valence-corrected chi connectivity index (χ1v) is 75.7. The second kappa shape index (κ2) is 74.0. The van der Waals surface area contributed by atoms with Gasteiger partial charge in [-0.1, -0.05) is 187 Å². The van der Waals surface area contributed by atoms with Gasteiger partial charge >= 0.3 is 55.8 Å². The van der Waals surface area contributed by atoms with Crippen molar-refractivity contribution < 1.29 is 111 Å². The van der Waals surface area contributed by atoms with Gasteiger partial charge in [-0.2, -0.15) is 5.26 Å². The summed E-state index contributed by atoms with van der Waals surface area (Å²) in [7, 11) is -16.9. The molecule has 3 aliphatic rings. The highest BCUT2D eigenvalue weighted by atomic mass is 28.5. The number of nitrogens with zero attached hydrogens (tertiary/aromatic N) is 3. The molecule has 3 rings (SSSR count). The Bertz CT molecular complexity index is 3500. The summed E-state index contributed by atoms with van der Waals surface area (Å²) >= 11 is 0. The zero-order valence-corrected chi connectivity index (χ0v) is 97.9. The topological polar surface area (TPSA) is 371 Å². The molecule has 826 valence electrons. The van der Waals surface area contributed by atoms with E-state index < -0.39 is 99.7 Å². The number of nitriles is 1. The van der Waals surface area contributed by atoms with Crippen LogP contribution in [0.5, 0.6) is 0 Å². The average molecular weight is 2140 g/mol. The SMILES string of the molecule is C.C.C.C.C.C.C.C=C(C)C(=O)OCCO.C=C(C)C(=O)OCCOC(=O)CCC1(C)CC(NC(=O)OCCOCCC[Si](C)(C)O[Si](C)(C)O[Si](C)(C)CCCC)CC(C)(C)C1.CC1(C)CC(OC#N)CC(C)(CN=C=O)C1.CCCC[Si](C)(C)O[Si](C)(C)O[Si](C)(C)CCCOCCO.CCCC[Si](C)(C)O[Si](C)(C)O[Si](C)(C)CCCOCCOC(=O)NC1CC(C)(C)CC(C)(CN=C=O)C1. The normalized spacial score (nSPS) is 19.2. The van der Waals surface area contributed by atoms with Gasteiger partial charge in [0.2, 0.25) is 12.2 Å². The number of isocyanates is 2. The first kappa shape index (κ1) is 153. The molecule has 0 spiro atoms. The van der Waals surface area contributed by atoms with E-state index in [-0.39, 0.29) is 161 Å². The third-order valence-electron chi connectivity index (χ3n) is 22.6. The van der Waals surface area contributed by atoms with Crippen LogP contribution in [0, 0.1) is 44.0 Å². The van der Waals surface area contributed by atoms with Crippen molar-refractivity contribution in [1.29, 1.82) is 5.26 Å².